The summed E-state index contributed by atoms with van der Waals surface area (Å²) in [6, 6.07) is 0. The molecular formula is C13H27N3O2. The third-order valence-corrected chi connectivity index (χ3v) is 3.13. The molecule has 0 aromatic heterocycles. The fourth-order valence-electron chi connectivity index (χ4n) is 1.58. The van der Waals surface area contributed by atoms with Crippen LogP contribution in [0.2, 0.25) is 0 Å². The Labute approximate surface area is 110 Å². The lowest BCUT2D eigenvalue weighted by atomic mass is 9.84. The third-order valence-electron chi connectivity index (χ3n) is 3.13. The van der Waals surface area contributed by atoms with Gasteiger partial charge in [-0.2, -0.15) is 0 Å². The number of nitrogens with zero attached hydrogens (tertiary/aromatic N) is 2. The van der Waals surface area contributed by atoms with E-state index in [4.69, 9.17) is 5.73 Å². The quantitative estimate of drug-likeness (QED) is 0.729. The van der Waals surface area contributed by atoms with Gasteiger partial charge in [-0.25, -0.2) is 0 Å². The minimum absolute atomic E-state index is 0.00953. The van der Waals surface area contributed by atoms with Gasteiger partial charge in [0, 0.05) is 27.6 Å². The van der Waals surface area contributed by atoms with Crippen LogP contribution >= 0.6 is 0 Å². The van der Waals surface area contributed by atoms with E-state index in [9.17, 15) is 9.59 Å². The minimum Gasteiger partial charge on any atom is -0.347 e. The zero-order valence-electron chi connectivity index (χ0n) is 12.3. The van der Waals surface area contributed by atoms with Crippen LogP contribution in [0.3, 0.4) is 0 Å². The first-order chi connectivity index (χ1) is 8.19. The highest BCUT2D eigenvalue weighted by Gasteiger charge is 2.20. The summed E-state index contributed by atoms with van der Waals surface area (Å²) in [6.45, 7) is 5.00. The lowest BCUT2D eigenvalue weighted by Gasteiger charge is -2.25. The third kappa shape index (κ3) is 6.59. The predicted octanol–water partition coefficient (Wildman–Crippen LogP) is 0.688. The van der Waals surface area contributed by atoms with E-state index in [2.05, 4.69) is 13.8 Å². The molecule has 18 heavy (non-hydrogen) atoms. The molecule has 0 aromatic carbocycles. The van der Waals surface area contributed by atoms with E-state index in [1.807, 2.05) is 0 Å². The van der Waals surface area contributed by atoms with Crippen LogP contribution in [0.15, 0.2) is 0 Å². The molecule has 106 valence electrons. The molecule has 0 aromatic rings. The summed E-state index contributed by atoms with van der Waals surface area (Å²) >= 11 is 0. The summed E-state index contributed by atoms with van der Waals surface area (Å²) < 4.78 is 0. The Kier molecular flexibility index (Phi) is 6.91. The maximum absolute atomic E-state index is 11.9. The number of hydrogen-bond acceptors (Lipinski definition) is 3. The van der Waals surface area contributed by atoms with Crippen LogP contribution in [0, 0.1) is 5.41 Å². The number of carbonyl (C=O) groups is 2. The summed E-state index contributed by atoms with van der Waals surface area (Å²) in [5, 5.41) is 0. The molecule has 0 aliphatic heterocycles. The second kappa shape index (κ2) is 7.36. The maximum Gasteiger partial charge on any atom is 0.241 e. The average molecular weight is 257 g/mol. The van der Waals surface area contributed by atoms with Gasteiger partial charge in [-0.15, -0.1) is 0 Å². The van der Waals surface area contributed by atoms with Crippen molar-refractivity contribution >= 4 is 11.8 Å². The van der Waals surface area contributed by atoms with E-state index in [0.29, 0.717) is 13.0 Å². The molecular weight excluding hydrogens is 230 g/mol. The molecule has 0 saturated carbocycles. The molecule has 0 aliphatic carbocycles. The van der Waals surface area contributed by atoms with Crippen molar-refractivity contribution in [2.45, 2.75) is 33.1 Å². The predicted molar refractivity (Wildman–Crippen MR) is 73.0 cm³/mol. The highest BCUT2D eigenvalue weighted by molar-refractivity contribution is 5.84. The Bertz CT molecular complexity index is 288. The second-order valence-corrected chi connectivity index (χ2v) is 5.74. The van der Waals surface area contributed by atoms with Gasteiger partial charge in [0.05, 0.1) is 6.54 Å². The van der Waals surface area contributed by atoms with Crippen LogP contribution in [0.4, 0.5) is 0 Å². The van der Waals surface area contributed by atoms with Crippen LogP contribution in [-0.2, 0) is 9.59 Å². The van der Waals surface area contributed by atoms with Crippen molar-refractivity contribution in [1.29, 1.82) is 0 Å². The molecule has 0 heterocycles. The van der Waals surface area contributed by atoms with Crippen molar-refractivity contribution < 1.29 is 9.59 Å². The second-order valence-electron chi connectivity index (χ2n) is 5.74. The monoisotopic (exact) mass is 257 g/mol. The first kappa shape index (κ1) is 16.9. The molecule has 0 unspecified atom stereocenters. The standard InChI is InChI=1S/C13H27N3O2/c1-13(2,8-9-14)7-6-11(17)16(5)10-12(18)15(3)4/h6-10,14H2,1-5H3. The first-order valence-corrected chi connectivity index (χ1v) is 6.34. The lowest BCUT2D eigenvalue weighted by Crippen LogP contribution is -2.38. The summed E-state index contributed by atoms with van der Waals surface area (Å²) in [5.74, 6) is -0.0534. The molecule has 2 N–H and O–H groups in total. The van der Waals surface area contributed by atoms with Gasteiger partial charge in [-0.05, 0) is 24.8 Å². The Morgan fingerprint density at radius 3 is 2.06 bits per heavy atom. The summed E-state index contributed by atoms with van der Waals surface area (Å²) in [6.07, 6.45) is 2.16. The van der Waals surface area contributed by atoms with E-state index in [1.54, 1.807) is 21.1 Å². The van der Waals surface area contributed by atoms with Crippen LogP contribution in [-0.4, -0.2) is 55.8 Å². The summed E-state index contributed by atoms with van der Waals surface area (Å²) in [5.41, 5.74) is 5.61. The molecule has 5 heteroatoms. The van der Waals surface area contributed by atoms with Gasteiger partial charge >= 0.3 is 0 Å². The molecule has 0 saturated heterocycles. The average Bonchev–Trinajstić information content (AvgIpc) is 2.25. The van der Waals surface area contributed by atoms with Crippen LogP contribution in [0.25, 0.3) is 0 Å². The van der Waals surface area contributed by atoms with Gasteiger partial charge in [-0.3, -0.25) is 9.59 Å². The number of rotatable bonds is 7. The Morgan fingerprint density at radius 2 is 1.61 bits per heavy atom. The van der Waals surface area contributed by atoms with Crippen LogP contribution < -0.4 is 5.73 Å². The number of hydrogen-bond donors (Lipinski definition) is 1. The Hall–Kier alpha value is -1.10. The minimum atomic E-state index is -0.0629. The number of carbonyl (C=O) groups excluding carboxylic acids is 2. The van der Waals surface area contributed by atoms with Gasteiger partial charge in [0.15, 0.2) is 0 Å². The van der Waals surface area contributed by atoms with Crippen molar-refractivity contribution in [3.8, 4) is 0 Å². The molecule has 0 fully saturated rings. The van der Waals surface area contributed by atoms with Gasteiger partial charge in [0.2, 0.25) is 11.8 Å². The van der Waals surface area contributed by atoms with Crippen LogP contribution in [0.1, 0.15) is 33.1 Å². The molecule has 0 spiro atoms. The first-order valence-electron chi connectivity index (χ1n) is 6.34. The highest BCUT2D eigenvalue weighted by Crippen LogP contribution is 2.26. The zero-order valence-corrected chi connectivity index (χ0v) is 12.3. The molecule has 0 radical (unpaired) electrons. The SMILES string of the molecule is CN(C)C(=O)CN(C)C(=O)CCC(C)(C)CCN. The van der Waals surface area contributed by atoms with Crippen molar-refractivity contribution in [2.75, 3.05) is 34.2 Å². The Morgan fingerprint density at radius 1 is 1.06 bits per heavy atom. The molecule has 5 nitrogen and oxygen atoms in total. The van der Waals surface area contributed by atoms with Gasteiger partial charge < -0.3 is 15.5 Å². The molecule has 0 aliphatic rings. The van der Waals surface area contributed by atoms with Gasteiger partial charge in [0.25, 0.3) is 0 Å². The lowest BCUT2D eigenvalue weighted by molar-refractivity contribution is -0.138. The van der Waals surface area contributed by atoms with Crippen molar-refractivity contribution in [3.05, 3.63) is 0 Å². The van der Waals surface area contributed by atoms with E-state index >= 15 is 0 Å². The van der Waals surface area contributed by atoms with Crippen molar-refractivity contribution in [3.63, 3.8) is 0 Å². The maximum atomic E-state index is 11.9. The normalized spacial score (nSPS) is 11.2. The number of nitrogens with two attached hydrogens (primary N) is 1. The smallest absolute Gasteiger partial charge is 0.241 e. The van der Waals surface area contributed by atoms with Crippen molar-refractivity contribution in [2.24, 2.45) is 11.1 Å². The Balaban J connectivity index is 4.13. The molecule has 2 amide bonds. The highest BCUT2D eigenvalue weighted by atomic mass is 16.2. The fraction of sp³-hybridized carbons (Fsp3) is 0.846. The zero-order chi connectivity index (χ0) is 14.3. The van der Waals surface area contributed by atoms with E-state index in [1.165, 1.54) is 9.80 Å². The van der Waals surface area contributed by atoms with E-state index in [0.717, 1.165) is 12.8 Å². The number of likely N-dealkylation sites (N-methyl/N-ethyl adjacent to an activating group) is 2. The molecule has 0 bridgehead atoms. The van der Waals surface area contributed by atoms with Gasteiger partial charge in [-0.1, -0.05) is 13.8 Å². The molecule has 0 rings (SSSR count). The summed E-state index contributed by atoms with van der Waals surface area (Å²) in [4.78, 5) is 26.3. The largest absolute Gasteiger partial charge is 0.347 e. The van der Waals surface area contributed by atoms with E-state index in [-0.39, 0.29) is 23.8 Å². The molecule has 0 atom stereocenters. The topological polar surface area (TPSA) is 66.6 Å². The van der Waals surface area contributed by atoms with E-state index < -0.39 is 0 Å². The van der Waals surface area contributed by atoms with Gasteiger partial charge in [0.1, 0.15) is 0 Å². The fourth-order valence-corrected chi connectivity index (χ4v) is 1.58. The van der Waals surface area contributed by atoms with Crippen LogP contribution in [0.5, 0.6) is 0 Å². The van der Waals surface area contributed by atoms with Crippen molar-refractivity contribution in [1.82, 2.24) is 9.80 Å². The number of amides is 2. The summed E-state index contributed by atoms with van der Waals surface area (Å²) in [7, 11) is 5.04.